The molecule has 0 aliphatic heterocycles. The Morgan fingerprint density at radius 3 is 2.72 bits per heavy atom. The minimum Gasteiger partial charge on any atom is -0.484 e. The van der Waals surface area contributed by atoms with Crippen molar-refractivity contribution < 1.29 is 18.7 Å². The lowest BCUT2D eigenvalue weighted by Gasteiger charge is -2.09. The molecule has 148 valence electrons. The molecule has 4 rings (SSSR count). The van der Waals surface area contributed by atoms with Crippen molar-refractivity contribution in [1.82, 2.24) is 14.8 Å². The fourth-order valence-corrected chi connectivity index (χ4v) is 3.39. The predicted octanol–water partition coefficient (Wildman–Crippen LogP) is 4.14. The van der Waals surface area contributed by atoms with Gasteiger partial charge in [0.2, 0.25) is 6.39 Å². The van der Waals surface area contributed by atoms with Crippen molar-refractivity contribution in [3.8, 4) is 5.75 Å². The van der Waals surface area contributed by atoms with E-state index in [1.165, 1.54) is 6.39 Å². The fourth-order valence-electron chi connectivity index (χ4n) is 3.39. The number of carbonyl (C=O) groups is 1. The van der Waals surface area contributed by atoms with Crippen LogP contribution < -0.4 is 4.74 Å². The number of rotatable bonds is 7. The van der Waals surface area contributed by atoms with Crippen LogP contribution in [0.3, 0.4) is 0 Å². The molecular formula is C22H21N3O4. The quantitative estimate of drug-likeness (QED) is 0.441. The highest BCUT2D eigenvalue weighted by atomic mass is 16.5. The molecule has 0 unspecified atom stereocenters. The summed E-state index contributed by atoms with van der Waals surface area (Å²) in [7, 11) is 0. The highest BCUT2D eigenvalue weighted by Crippen LogP contribution is 2.31. The van der Waals surface area contributed by atoms with Gasteiger partial charge in [-0.2, -0.15) is 0 Å². The monoisotopic (exact) mass is 391 g/mol. The molecule has 0 saturated carbocycles. The van der Waals surface area contributed by atoms with Crippen molar-refractivity contribution in [2.24, 2.45) is 0 Å². The third-order valence-corrected chi connectivity index (χ3v) is 4.73. The van der Waals surface area contributed by atoms with Crippen LogP contribution in [0.4, 0.5) is 0 Å². The number of esters is 1. The molecule has 0 aliphatic rings. The summed E-state index contributed by atoms with van der Waals surface area (Å²) in [5.41, 5.74) is 3.51. The van der Waals surface area contributed by atoms with Crippen molar-refractivity contribution in [2.45, 2.75) is 27.0 Å². The van der Waals surface area contributed by atoms with Gasteiger partial charge >= 0.3 is 5.97 Å². The van der Waals surface area contributed by atoms with Gasteiger partial charge in [0.25, 0.3) is 5.89 Å². The van der Waals surface area contributed by atoms with Gasteiger partial charge in [-0.15, -0.1) is 10.2 Å². The molecule has 7 heteroatoms. The van der Waals surface area contributed by atoms with E-state index in [1.807, 2.05) is 43.3 Å². The average Bonchev–Trinajstić information content (AvgIpc) is 3.34. The summed E-state index contributed by atoms with van der Waals surface area (Å²) in [6.07, 6.45) is 1.26. The van der Waals surface area contributed by atoms with Crippen LogP contribution in [0, 0.1) is 6.92 Å². The number of benzene rings is 2. The maximum absolute atomic E-state index is 12.7. The first-order valence-electron chi connectivity index (χ1n) is 9.39. The van der Waals surface area contributed by atoms with Crippen LogP contribution in [0.1, 0.15) is 34.4 Å². The van der Waals surface area contributed by atoms with Gasteiger partial charge in [-0.1, -0.05) is 30.3 Å². The summed E-state index contributed by atoms with van der Waals surface area (Å²) < 4.78 is 18.3. The molecule has 0 spiro atoms. The summed E-state index contributed by atoms with van der Waals surface area (Å²) in [5, 5.41) is 8.24. The highest BCUT2D eigenvalue weighted by Gasteiger charge is 2.22. The smallest absolute Gasteiger partial charge is 0.340 e. The Morgan fingerprint density at radius 2 is 2.00 bits per heavy atom. The zero-order chi connectivity index (χ0) is 20.2. The minimum absolute atomic E-state index is 0.157. The molecule has 0 bridgehead atoms. The second kappa shape index (κ2) is 8.18. The van der Waals surface area contributed by atoms with Crippen molar-refractivity contribution in [2.75, 3.05) is 6.61 Å². The van der Waals surface area contributed by atoms with Crippen molar-refractivity contribution in [1.29, 1.82) is 0 Å². The van der Waals surface area contributed by atoms with Crippen LogP contribution in [0.25, 0.3) is 10.9 Å². The second-order valence-electron chi connectivity index (χ2n) is 6.55. The Labute approximate surface area is 167 Å². The zero-order valence-corrected chi connectivity index (χ0v) is 16.3. The number of nitrogens with zero attached hydrogens (tertiary/aromatic N) is 3. The van der Waals surface area contributed by atoms with Gasteiger partial charge in [0.15, 0.2) is 6.61 Å². The number of fused-ring (bicyclic) bond motifs is 1. The molecule has 2 aromatic heterocycles. The SMILES string of the molecule is CCOC(=O)c1c(C)n(Cc2ccccc2)c2ccc(OCc3nnco3)cc12. The maximum atomic E-state index is 12.7. The van der Waals surface area contributed by atoms with Crippen molar-refractivity contribution >= 4 is 16.9 Å². The number of hydrogen-bond donors (Lipinski definition) is 0. The van der Waals surface area contributed by atoms with Crippen LogP contribution in [0.5, 0.6) is 5.75 Å². The number of hydrogen-bond acceptors (Lipinski definition) is 6. The molecular weight excluding hydrogens is 370 g/mol. The van der Waals surface area contributed by atoms with Gasteiger partial charge in [0.1, 0.15) is 5.75 Å². The summed E-state index contributed by atoms with van der Waals surface area (Å²) >= 11 is 0. The van der Waals surface area contributed by atoms with Crippen LogP contribution in [-0.4, -0.2) is 27.3 Å². The number of carbonyl (C=O) groups excluding carboxylic acids is 1. The van der Waals surface area contributed by atoms with Gasteiger partial charge in [-0.25, -0.2) is 4.79 Å². The predicted molar refractivity (Wildman–Crippen MR) is 107 cm³/mol. The molecule has 0 atom stereocenters. The molecule has 2 aromatic carbocycles. The molecule has 29 heavy (non-hydrogen) atoms. The maximum Gasteiger partial charge on any atom is 0.340 e. The van der Waals surface area contributed by atoms with E-state index < -0.39 is 0 Å². The lowest BCUT2D eigenvalue weighted by atomic mass is 10.1. The largest absolute Gasteiger partial charge is 0.484 e. The van der Waals surface area contributed by atoms with E-state index in [0.29, 0.717) is 30.4 Å². The molecule has 0 N–H and O–H groups in total. The second-order valence-corrected chi connectivity index (χ2v) is 6.55. The van der Waals surface area contributed by atoms with Gasteiger partial charge in [-0.05, 0) is 37.6 Å². The zero-order valence-electron chi connectivity index (χ0n) is 16.3. The van der Waals surface area contributed by atoms with E-state index in [9.17, 15) is 4.79 Å². The lowest BCUT2D eigenvalue weighted by Crippen LogP contribution is -2.08. The summed E-state index contributed by atoms with van der Waals surface area (Å²) in [6, 6.07) is 15.8. The van der Waals surface area contributed by atoms with Crippen molar-refractivity contribution in [3.63, 3.8) is 0 Å². The lowest BCUT2D eigenvalue weighted by molar-refractivity contribution is 0.0527. The van der Waals surface area contributed by atoms with Crippen molar-refractivity contribution in [3.05, 3.63) is 77.6 Å². The topological polar surface area (TPSA) is 79.4 Å². The first-order chi connectivity index (χ1) is 14.2. The number of ether oxygens (including phenoxy) is 2. The fraction of sp³-hybridized carbons (Fsp3) is 0.227. The van der Waals surface area contributed by atoms with Crippen LogP contribution in [0.2, 0.25) is 0 Å². The normalized spacial score (nSPS) is 11.0. The van der Waals surface area contributed by atoms with Gasteiger partial charge in [-0.3, -0.25) is 0 Å². The molecule has 2 heterocycles. The van der Waals surface area contributed by atoms with Crippen LogP contribution in [0.15, 0.2) is 59.3 Å². The molecule has 0 saturated heterocycles. The Bertz CT molecular complexity index is 1120. The first-order valence-corrected chi connectivity index (χ1v) is 9.39. The molecule has 4 aromatic rings. The van der Waals surface area contributed by atoms with Crippen LogP contribution in [-0.2, 0) is 17.9 Å². The molecule has 0 aliphatic carbocycles. The Morgan fingerprint density at radius 1 is 1.17 bits per heavy atom. The summed E-state index contributed by atoms with van der Waals surface area (Å²) in [6.45, 7) is 4.87. The Hall–Kier alpha value is -3.61. The first kappa shape index (κ1) is 18.7. The Kier molecular flexibility index (Phi) is 5.29. The highest BCUT2D eigenvalue weighted by molar-refractivity contribution is 6.06. The van der Waals surface area contributed by atoms with Gasteiger partial charge in [0.05, 0.1) is 12.2 Å². The summed E-state index contributed by atoms with van der Waals surface area (Å²) in [5.74, 6) is 0.655. The number of aromatic nitrogens is 3. The molecule has 0 fully saturated rings. The molecule has 0 amide bonds. The van der Waals surface area contributed by atoms with E-state index in [1.54, 1.807) is 6.92 Å². The van der Waals surface area contributed by atoms with Gasteiger partial charge in [0, 0.05) is 23.1 Å². The van der Waals surface area contributed by atoms with E-state index >= 15 is 0 Å². The third-order valence-electron chi connectivity index (χ3n) is 4.73. The molecule has 0 radical (unpaired) electrons. The van der Waals surface area contributed by atoms with Crippen LogP contribution >= 0.6 is 0 Å². The Balaban J connectivity index is 1.75. The minimum atomic E-state index is -0.337. The summed E-state index contributed by atoms with van der Waals surface area (Å²) in [4.78, 5) is 12.7. The average molecular weight is 391 g/mol. The van der Waals surface area contributed by atoms with E-state index in [0.717, 1.165) is 22.2 Å². The van der Waals surface area contributed by atoms with E-state index in [2.05, 4.69) is 26.9 Å². The van der Waals surface area contributed by atoms with Gasteiger partial charge < -0.3 is 18.5 Å². The van der Waals surface area contributed by atoms with E-state index in [4.69, 9.17) is 13.9 Å². The van der Waals surface area contributed by atoms with E-state index in [-0.39, 0.29) is 12.6 Å². The molecule has 7 nitrogen and oxygen atoms in total. The third kappa shape index (κ3) is 3.85. The standard InChI is InChI=1S/C22H21N3O4/c1-3-27-22(26)21-15(2)25(12-16-7-5-4-6-8-16)19-10-9-17(11-18(19)21)28-13-20-24-23-14-29-20/h4-11,14H,3,12-13H2,1-2H3.